The lowest BCUT2D eigenvalue weighted by atomic mass is 10.1. The molecule has 4 rings (SSSR count). The van der Waals surface area contributed by atoms with Crippen LogP contribution in [0.1, 0.15) is 36.5 Å². The number of fused-ring (bicyclic) bond motifs is 1. The number of H-pyrrole nitrogens is 1. The number of pyridine rings is 2. The summed E-state index contributed by atoms with van der Waals surface area (Å²) in [5.74, 6) is 0. The third kappa shape index (κ3) is 5.48. The second-order valence-corrected chi connectivity index (χ2v) is 8.32. The molecule has 1 fully saturated rings. The first-order valence-electron chi connectivity index (χ1n) is 10.8. The molecule has 0 bridgehead atoms. The minimum Gasteiger partial charge on any atom is -0.376 e. The maximum Gasteiger partial charge on any atom is 0.253 e. The summed E-state index contributed by atoms with van der Waals surface area (Å²) in [6.07, 6.45) is 6.85. The van der Waals surface area contributed by atoms with Crippen molar-refractivity contribution in [2.24, 2.45) is 0 Å². The smallest absolute Gasteiger partial charge is 0.253 e. The molecule has 3 heterocycles. The summed E-state index contributed by atoms with van der Waals surface area (Å²) in [6, 6.07) is 12.1. The first-order valence-corrected chi connectivity index (χ1v) is 11.2. The van der Waals surface area contributed by atoms with Gasteiger partial charge in [-0.3, -0.25) is 9.78 Å². The number of nitrogens with zero attached hydrogens (tertiary/aromatic N) is 2. The van der Waals surface area contributed by atoms with Crippen molar-refractivity contribution < 1.29 is 4.74 Å². The fourth-order valence-electron chi connectivity index (χ4n) is 3.87. The summed E-state index contributed by atoms with van der Waals surface area (Å²) in [7, 11) is 0. The molecule has 0 saturated carbocycles. The number of rotatable bonds is 7. The van der Waals surface area contributed by atoms with Crippen molar-refractivity contribution in [1.82, 2.24) is 20.2 Å². The fraction of sp³-hybridized carbons (Fsp3) is 0.375. The molecule has 162 valence electrons. The summed E-state index contributed by atoms with van der Waals surface area (Å²) in [5.41, 5.74) is 3.73. The summed E-state index contributed by atoms with van der Waals surface area (Å²) < 4.78 is 5.70. The molecule has 6 nitrogen and oxygen atoms in total. The van der Waals surface area contributed by atoms with Crippen LogP contribution in [0.2, 0.25) is 0 Å². The van der Waals surface area contributed by atoms with Crippen LogP contribution in [-0.2, 0) is 24.2 Å². The molecule has 1 aromatic carbocycles. The monoisotopic (exact) mass is 436 g/mol. The van der Waals surface area contributed by atoms with Gasteiger partial charge >= 0.3 is 0 Å². The van der Waals surface area contributed by atoms with Gasteiger partial charge in [0.05, 0.1) is 12.6 Å². The largest absolute Gasteiger partial charge is 0.376 e. The number of hydrogen-bond donors (Lipinski definition) is 2. The summed E-state index contributed by atoms with van der Waals surface area (Å²) >= 11 is 5.71. The average molecular weight is 437 g/mol. The van der Waals surface area contributed by atoms with E-state index in [1.54, 1.807) is 6.20 Å². The second kappa shape index (κ2) is 10.0. The third-order valence-corrected chi connectivity index (χ3v) is 6.05. The molecule has 1 saturated heterocycles. The van der Waals surface area contributed by atoms with E-state index < -0.39 is 0 Å². The normalized spacial score (nSPS) is 15.8. The van der Waals surface area contributed by atoms with Gasteiger partial charge in [-0.1, -0.05) is 19.1 Å². The second-order valence-electron chi connectivity index (χ2n) is 7.94. The number of aryl methyl sites for hydroxylation is 1. The molecule has 1 aliphatic rings. The highest BCUT2D eigenvalue weighted by Gasteiger charge is 2.18. The van der Waals surface area contributed by atoms with E-state index in [0.717, 1.165) is 42.3 Å². The van der Waals surface area contributed by atoms with Gasteiger partial charge in [0.25, 0.3) is 5.56 Å². The highest BCUT2D eigenvalue weighted by atomic mass is 32.1. The minimum atomic E-state index is -0.0881. The van der Waals surface area contributed by atoms with Crippen LogP contribution >= 0.6 is 12.2 Å². The number of aromatic amines is 1. The van der Waals surface area contributed by atoms with Crippen LogP contribution in [0.3, 0.4) is 0 Å². The number of thiocarbonyl (C=S) groups is 1. The van der Waals surface area contributed by atoms with Gasteiger partial charge in [0.1, 0.15) is 0 Å². The van der Waals surface area contributed by atoms with Gasteiger partial charge in [-0.15, -0.1) is 0 Å². The van der Waals surface area contributed by atoms with E-state index in [0.29, 0.717) is 30.3 Å². The summed E-state index contributed by atoms with van der Waals surface area (Å²) in [5, 5.41) is 4.99. The SMILES string of the molecule is CCc1ccc2[nH]c(=O)c(CN(Cc3cccnc3)C(=S)NC[C@H]3CCCO3)cc2c1. The molecule has 0 amide bonds. The third-order valence-electron chi connectivity index (χ3n) is 5.64. The maximum atomic E-state index is 12.8. The molecule has 0 aliphatic carbocycles. The molecule has 31 heavy (non-hydrogen) atoms. The molecular formula is C24H28N4O2S. The van der Waals surface area contributed by atoms with E-state index in [2.05, 4.69) is 34.3 Å². The zero-order chi connectivity index (χ0) is 21.6. The molecular weight excluding hydrogens is 408 g/mol. The van der Waals surface area contributed by atoms with Crippen molar-refractivity contribution in [3.63, 3.8) is 0 Å². The fourth-order valence-corrected chi connectivity index (χ4v) is 4.09. The number of aromatic nitrogens is 2. The van der Waals surface area contributed by atoms with Gasteiger partial charge in [0.2, 0.25) is 0 Å². The average Bonchev–Trinajstić information content (AvgIpc) is 3.31. The van der Waals surface area contributed by atoms with Crippen LogP contribution in [0.15, 0.2) is 53.6 Å². The molecule has 7 heteroatoms. The van der Waals surface area contributed by atoms with Crippen molar-refractivity contribution >= 4 is 28.2 Å². The van der Waals surface area contributed by atoms with Gasteiger partial charge < -0.3 is 19.9 Å². The number of benzene rings is 1. The van der Waals surface area contributed by atoms with Gasteiger partial charge in [0, 0.05) is 43.2 Å². The molecule has 0 radical (unpaired) electrons. The molecule has 3 aromatic rings. The lowest BCUT2D eigenvalue weighted by molar-refractivity contribution is 0.113. The van der Waals surface area contributed by atoms with E-state index >= 15 is 0 Å². The molecule has 2 aromatic heterocycles. The van der Waals surface area contributed by atoms with Gasteiger partial charge in [0.15, 0.2) is 5.11 Å². The molecule has 2 N–H and O–H groups in total. The Hall–Kier alpha value is -2.77. The molecule has 1 atom stereocenters. The topological polar surface area (TPSA) is 70.2 Å². The number of hydrogen-bond acceptors (Lipinski definition) is 4. The predicted molar refractivity (Wildman–Crippen MR) is 127 cm³/mol. The van der Waals surface area contributed by atoms with E-state index in [1.165, 1.54) is 5.56 Å². The molecule has 1 aliphatic heterocycles. The van der Waals surface area contributed by atoms with Crippen LogP contribution < -0.4 is 10.9 Å². The van der Waals surface area contributed by atoms with E-state index in [-0.39, 0.29) is 11.7 Å². The Bertz CT molecular complexity index is 1090. The van der Waals surface area contributed by atoms with Crippen LogP contribution in [0.4, 0.5) is 0 Å². The molecule has 0 spiro atoms. The van der Waals surface area contributed by atoms with E-state index in [9.17, 15) is 4.79 Å². The Morgan fingerprint density at radius 1 is 1.29 bits per heavy atom. The first kappa shape index (κ1) is 21.5. The summed E-state index contributed by atoms with van der Waals surface area (Å²) in [6.45, 7) is 4.59. The Morgan fingerprint density at radius 3 is 2.94 bits per heavy atom. The van der Waals surface area contributed by atoms with Crippen molar-refractivity contribution in [1.29, 1.82) is 0 Å². The lowest BCUT2D eigenvalue weighted by Gasteiger charge is -2.26. The van der Waals surface area contributed by atoms with Gasteiger partial charge in [-0.05, 0) is 72.3 Å². The van der Waals surface area contributed by atoms with E-state index in [1.807, 2.05) is 35.4 Å². The van der Waals surface area contributed by atoms with E-state index in [4.69, 9.17) is 17.0 Å². The first-order chi connectivity index (χ1) is 15.1. The van der Waals surface area contributed by atoms with Crippen molar-refractivity contribution in [2.45, 2.75) is 45.4 Å². The van der Waals surface area contributed by atoms with Crippen LogP contribution in [0.25, 0.3) is 10.9 Å². The van der Waals surface area contributed by atoms with Gasteiger partial charge in [-0.25, -0.2) is 0 Å². The van der Waals surface area contributed by atoms with Crippen LogP contribution in [0.5, 0.6) is 0 Å². The zero-order valence-corrected chi connectivity index (χ0v) is 18.6. The Morgan fingerprint density at radius 2 is 2.19 bits per heavy atom. The predicted octanol–water partition coefficient (Wildman–Crippen LogP) is 3.54. The van der Waals surface area contributed by atoms with Crippen LogP contribution in [0, 0.1) is 0 Å². The highest BCUT2D eigenvalue weighted by molar-refractivity contribution is 7.80. The zero-order valence-electron chi connectivity index (χ0n) is 17.8. The number of ether oxygens (including phenoxy) is 1. The standard InChI is InChI=1S/C24H28N4O2S/c1-2-17-7-8-22-19(11-17)12-20(23(29)27-22)16-28(15-18-5-3-9-25-13-18)24(31)26-14-21-6-4-10-30-21/h3,5,7-9,11-13,21H,2,4,6,10,14-16H2,1H3,(H,26,31)(H,27,29)/t21-/m1/s1. The molecule has 0 unspecified atom stereocenters. The van der Waals surface area contributed by atoms with Crippen molar-refractivity contribution in [2.75, 3.05) is 13.2 Å². The quantitative estimate of drug-likeness (QED) is 0.552. The van der Waals surface area contributed by atoms with Crippen molar-refractivity contribution in [3.05, 3.63) is 75.8 Å². The number of nitrogens with one attached hydrogen (secondary N) is 2. The Labute approximate surface area is 187 Å². The highest BCUT2D eigenvalue weighted by Crippen LogP contribution is 2.16. The van der Waals surface area contributed by atoms with Crippen LogP contribution in [-0.4, -0.2) is 39.2 Å². The minimum absolute atomic E-state index is 0.0881. The Balaban J connectivity index is 1.57. The summed E-state index contributed by atoms with van der Waals surface area (Å²) in [4.78, 5) is 22.0. The van der Waals surface area contributed by atoms with Crippen molar-refractivity contribution in [3.8, 4) is 0 Å². The maximum absolute atomic E-state index is 12.8. The Kier molecular flexibility index (Phi) is 6.94. The lowest BCUT2D eigenvalue weighted by Crippen LogP contribution is -2.42. The van der Waals surface area contributed by atoms with Gasteiger partial charge in [-0.2, -0.15) is 0 Å².